The summed E-state index contributed by atoms with van der Waals surface area (Å²) >= 11 is 12.0. The lowest BCUT2D eigenvalue weighted by atomic mass is 9.70. The number of nitrogens with zero attached hydrogens (tertiary/aromatic N) is 1. The third-order valence-corrected chi connectivity index (χ3v) is 9.48. The molecular formula is C21H28Cl2N2O4S. The fraction of sp³-hybridized carbons (Fsp3) is 0.619. The Kier molecular flexibility index (Phi) is 6.59. The smallest absolute Gasteiger partial charge is 0.239 e. The molecule has 1 aromatic rings. The largest absolute Gasteiger partial charge is 0.324 e. The van der Waals surface area contributed by atoms with Crippen molar-refractivity contribution in [2.75, 3.05) is 24.2 Å². The van der Waals surface area contributed by atoms with E-state index in [2.05, 4.69) is 5.32 Å². The fourth-order valence-electron chi connectivity index (χ4n) is 5.02. The van der Waals surface area contributed by atoms with E-state index in [0.717, 1.165) is 6.42 Å². The Morgan fingerprint density at radius 1 is 1.30 bits per heavy atom. The van der Waals surface area contributed by atoms with Gasteiger partial charge in [-0.15, -0.1) is 0 Å². The monoisotopic (exact) mass is 474 g/mol. The first-order valence-corrected chi connectivity index (χ1v) is 12.6. The highest BCUT2D eigenvalue weighted by molar-refractivity contribution is 7.89. The quantitative estimate of drug-likeness (QED) is 0.605. The lowest BCUT2D eigenvalue weighted by molar-refractivity contribution is -0.128. The molecule has 0 heterocycles. The average Bonchev–Trinajstić information content (AvgIpc) is 2.98. The molecule has 1 N–H and O–H groups in total. The number of benzene rings is 1. The molecule has 1 amide bonds. The van der Waals surface area contributed by atoms with Gasteiger partial charge in [-0.25, -0.2) is 8.42 Å². The number of halogens is 2. The molecule has 2 aliphatic rings. The van der Waals surface area contributed by atoms with Gasteiger partial charge >= 0.3 is 0 Å². The summed E-state index contributed by atoms with van der Waals surface area (Å²) in [5.41, 5.74) is -0.895. The Morgan fingerprint density at radius 3 is 2.57 bits per heavy atom. The van der Waals surface area contributed by atoms with Gasteiger partial charge in [0.05, 0.1) is 23.0 Å². The van der Waals surface area contributed by atoms with E-state index >= 15 is 0 Å². The lowest BCUT2D eigenvalue weighted by Gasteiger charge is -2.37. The summed E-state index contributed by atoms with van der Waals surface area (Å²) in [6.45, 7) is 5.72. The third-order valence-electron chi connectivity index (χ3n) is 6.96. The van der Waals surface area contributed by atoms with E-state index in [9.17, 15) is 18.0 Å². The molecule has 3 rings (SSSR count). The van der Waals surface area contributed by atoms with Crippen LogP contribution >= 0.6 is 23.2 Å². The second-order valence-electron chi connectivity index (χ2n) is 8.93. The molecule has 0 saturated heterocycles. The number of Topliss-reactive ketones (excluding diaryl/α,β-unsaturated/α-hetero) is 1. The van der Waals surface area contributed by atoms with Gasteiger partial charge in [0.15, 0.2) is 0 Å². The number of hydrogen-bond acceptors (Lipinski definition) is 4. The van der Waals surface area contributed by atoms with Gasteiger partial charge in [-0.1, -0.05) is 44.0 Å². The Balaban J connectivity index is 1.79. The molecule has 6 nitrogen and oxygen atoms in total. The maximum atomic E-state index is 13.3. The van der Waals surface area contributed by atoms with Crippen molar-refractivity contribution < 1.29 is 18.0 Å². The highest BCUT2D eigenvalue weighted by Crippen LogP contribution is 2.64. The summed E-state index contributed by atoms with van der Waals surface area (Å²) in [4.78, 5) is 25.4. The van der Waals surface area contributed by atoms with Gasteiger partial charge in [0.2, 0.25) is 15.9 Å². The predicted octanol–water partition coefficient (Wildman–Crippen LogP) is 4.37. The van der Waals surface area contributed by atoms with E-state index in [1.807, 2.05) is 20.8 Å². The number of anilines is 1. The molecule has 9 heteroatoms. The van der Waals surface area contributed by atoms with Gasteiger partial charge in [-0.3, -0.25) is 9.59 Å². The molecule has 2 bridgehead atoms. The van der Waals surface area contributed by atoms with Crippen molar-refractivity contribution in [1.82, 2.24) is 4.31 Å². The van der Waals surface area contributed by atoms with Crippen LogP contribution < -0.4 is 5.32 Å². The first-order chi connectivity index (χ1) is 13.9. The number of fused-ring (bicyclic) bond motifs is 2. The van der Waals surface area contributed by atoms with E-state index in [1.54, 1.807) is 12.1 Å². The van der Waals surface area contributed by atoms with Crippen LogP contribution in [0.3, 0.4) is 0 Å². The first-order valence-electron chi connectivity index (χ1n) is 10.2. The number of carbonyl (C=O) groups excluding carboxylic acids is 2. The summed E-state index contributed by atoms with van der Waals surface area (Å²) in [6.07, 6.45) is 2.46. The van der Waals surface area contributed by atoms with Crippen LogP contribution in [0.1, 0.15) is 46.5 Å². The molecule has 2 unspecified atom stereocenters. The fourth-order valence-corrected chi connectivity index (χ4v) is 7.61. The van der Waals surface area contributed by atoms with Crippen LogP contribution in [0.5, 0.6) is 0 Å². The van der Waals surface area contributed by atoms with Gasteiger partial charge in [-0.2, -0.15) is 4.31 Å². The summed E-state index contributed by atoms with van der Waals surface area (Å²) in [5.74, 6) is -0.477. The van der Waals surface area contributed by atoms with Crippen molar-refractivity contribution in [3.05, 3.63) is 28.2 Å². The summed E-state index contributed by atoms with van der Waals surface area (Å²) in [5, 5.41) is 3.35. The molecule has 0 radical (unpaired) electrons. The number of ketones is 1. The summed E-state index contributed by atoms with van der Waals surface area (Å²) in [7, 11) is -3.83. The molecule has 0 aliphatic heterocycles. The highest BCUT2D eigenvalue weighted by Gasteiger charge is 2.65. The number of carbonyl (C=O) groups is 2. The number of nitrogens with one attached hydrogen (secondary N) is 1. The van der Waals surface area contributed by atoms with Crippen molar-refractivity contribution >= 4 is 50.6 Å². The van der Waals surface area contributed by atoms with Gasteiger partial charge in [-0.05, 0) is 48.8 Å². The van der Waals surface area contributed by atoms with Gasteiger partial charge in [0, 0.05) is 23.4 Å². The molecule has 0 aromatic heterocycles. The molecule has 30 heavy (non-hydrogen) atoms. The minimum Gasteiger partial charge on any atom is -0.324 e. The van der Waals surface area contributed by atoms with Crippen molar-refractivity contribution in [1.29, 1.82) is 0 Å². The molecular weight excluding hydrogens is 447 g/mol. The molecule has 2 saturated carbocycles. The van der Waals surface area contributed by atoms with Gasteiger partial charge in [0.1, 0.15) is 5.78 Å². The van der Waals surface area contributed by atoms with Crippen molar-refractivity contribution in [2.24, 2.45) is 16.7 Å². The molecule has 0 spiro atoms. The molecule has 2 fully saturated rings. The normalized spacial score (nSPS) is 25.1. The van der Waals surface area contributed by atoms with Crippen LogP contribution in [0.2, 0.25) is 10.0 Å². The second-order valence-corrected chi connectivity index (χ2v) is 11.7. The SMILES string of the molecule is CCCN(CC(=O)Nc1cc(Cl)ccc1Cl)S(=O)(=O)CC12CCC(CC1=O)C2(C)C. The summed E-state index contributed by atoms with van der Waals surface area (Å²) in [6, 6.07) is 4.67. The predicted molar refractivity (Wildman–Crippen MR) is 119 cm³/mol. The van der Waals surface area contributed by atoms with Gasteiger partial charge < -0.3 is 5.32 Å². The second kappa shape index (κ2) is 8.41. The lowest BCUT2D eigenvalue weighted by Crippen LogP contribution is -2.48. The van der Waals surface area contributed by atoms with Gasteiger partial charge in [0.25, 0.3) is 0 Å². The molecule has 166 valence electrons. The van der Waals surface area contributed by atoms with E-state index in [1.165, 1.54) is 10.4 Å². The van der Waals surface area contributed by atoms with E-state index in [0.29, 0.717) is 35.0 Å². The van der Waals surface area contributed by atoms with Crippen LogP contribution in [-0.4, -0.2) is 43.3 Å². The Labute approximate surface area is 188 Å². The van der Waals surface area contributed by atoms with E-state index < -0.39 is 21.3 Å². The third kappa shape index (κ3) is 4.14. The number of sulfonamides is 1. The van der Waals surface area contributed by atoms with Crippen molar-refractivity contribution in [3.63, 3.8) is 0 Å². The number of hydrogen-bond donors (Lipinski definition) is 1. The van der Waals surface area contributed by atoms with Crippen LogP contribution in [0.25, 0.3) is 0 Å². The summed E-state index contributed by atoms with van der Waals surface area (Å²) < 4.78 is 27.9. The number of rotatable bonds is 8. The number of amides is 1. The van der Waals surface area contributed by atoms with E-state index in [-0.39, 0.29) is 36.0 Å². The van der Waals surface area contributed by atoms with Crippen molar-refractivity contribution in [2.45, 2.75) is 46.5 Å². The Hall–Kier alpha value is -1.15. The van der Waals surface area contributed by atoms with Crippen LogP contribution in [0.15, 0.2) is 18.2 Å². The van der Waals surface area contributed by atoms with Crippen LogP contribution in [-0.2, 0) is 19.6 Å². The highest BCUT2D eigenvalue weighted by atomic mass is 35.5. The maximum absolute atomic E-state index is 13.3. The van der Waals surface area contributed by atoms with E-state index in [4.69, 9.17) is 23.2 Å². The van der Waals surface area contributed by atoms with Crippen LogP contribution in [0.4, 0.5) is 5.69 Å². The Bertz CT molecular complexity index is 964. The molecule has 2 atom stereocenters. The minimum atomic E-state index is -3.83. The first kappa shape index (κ1) is 23.5. The zero-order valence-corrected chi connectivity index (χ0v) is 19.8. The Morgan fingerprint density at radius 2 is 2.00 bits per heavy atom. The standard InChI is InChI=1S/C21H28Cl2N2O4S/c1-4-9-25(12-19(27)24-17-11-15(22)5-6-16(17)23)30(28,29)13-21-8-7-14(10-18(21)26)20(21,2)3/h5-6,11,14H,4,7-10,12-13H2,1-3H3,(H,24,27). The minimum absolute atomic E-state index is 0.0407. The average molecular weight is 475 g/mol. The maximum Gasteiger partial charge on any atom is 0.239 e. The molecule has 2 aliphatic carbocycles. The zero-order valence-electron chi connectivity index (χ0n) is 17.5. The van der Waals surface area contributed by atoms with Crippen LogP contribution in [0, 0.1) is 16.7 Å². The molecule has 1 aromatic carbocycles. The van der Waals surface area contributed by atoms with Crippen molar-refractivity contribution in [3.8, 4) is 0 Å². The topological polar surface area (TPSA) is 83.6 Å². The zero-order chi connectivity index (χ0) is 22.3.